The van der Waals surface area contributed by atoms with E-state index in [4.69, 9.17) is 5.26 Å². The van der Waals surface area contributed by atoms with Crippen molar-refractivity contribution in [2.24, 2.45) is 0 Å². The standard InChI is InChI=1S/C16H14N4/c1-2-14(13-6-4-3-5-7-13)16-19-18-15-9-8-12(10-17)11-20(15)16/h3-9,11,14H,2H2,1H3. The molecule has 0 bridgehead atoms. The lowest BCUT2D eigenvalue weighted by Crippen LogP contribution is -2.05. The van der Waals surface area contributed by atoms with Crippen LogP contribution in [0.4, 0.5) is 0 Å². The summed E-state index contributed by atoms with van der Waals surface area (Å²) < 4.78 is 1.92. The molecule has 4 nitrogen and oxygen atoms in total. The molecule has 0 aliphatic rings. The first-order valence-corrected chi connectivity index (χ1v) is 6.63. The van der Waals surface area contributed by atoms with Crippen molar-refractivity contribution in [3.8, 4) is 6.07 Å². The zero-order valence-electron chi connectivity index (χ0n) is 11.2. The van der Waals surface area contributed by atoms with Crippen molar-refractivity contribution in [1.82, 2.24) is 14.6 Å². The number of pyridine rings is 1. The van der Waals surface area contributed by atoms with Crippen LogP contribution in [-0.2, 0) is 0 Å². The fourth-order valence-electron chi connectivity index (χ4n) is 2.46. The van der Waals surface area contributed by atoms with Crippen LogP contribution in [0.3, 0.4) is 0 Å². The van der Waals surface area contributed by atoms with E-state index in [1.54, 1.807) is 12.3 Å². The van der Waals surface area contributed by atoms with Crippen molar-refractivity contribution >= 4 is 5.65 Å². The summed E-state index contributed by atoms with van der Waals surface area (Å²) in [6.45, 7) is 2.13. The van der Waals surface area contributed by atoms with Gasteiger partial charge in [0.15, 0.2) is 5.65 Å². The molecule has 3 rings (SSSR count). The second kappa shape index (κ2) is 5.14. The Morgan fingerprint density at radius 3 is 2.65 bits per heavy atom. The van der Waals surface area contributed by atoms with Gasteiger partial charge in [0.05, 0.1) is 5.56 Å². The summed E-state index contributed by atoms with van der Waals surface area (Å²) in [5.41, 5.74) is 2.60. The molecule has 0 saturated carbocycles. The number of benzene rings is 1. The third kappa shape index (κ3) is 2.04. The minimum Gasteiger partial charge on any atom is -0.285 e. The second-order valence-corrected chi connectivity index (χ2v) is 4.69. The van der Waals surface area contributed by atoms with Gasteiger partial charge in [-0.25, -0.2) is 0 Å². The summed E-state index contributed by atoms with van der Waals surface area (Å²) in [6, 6.07) is 16.0. The lowest BCUT2D eigenvalue weighted by atomic mass is 9.96. The average molecular weight is 262 g/mol. The Bertz CT molecular complexity index is 768. The van der Waals surface area contributed by atoms with Gasteiger partial charge in [-0.2, -0.15) is 5.26 Å². The molecule has 98 valence electrons. The van der Waals surface area contributed by atoms with Crippen LogP contribution >= 0.6 is 0 Å². The first kappa shape index (κ1) is 12.4. The lowest BCUT2D eigenvalue weighted by molar-refractivity contribution is 0.706. The number of rotatable bonds is 3. The molecule has 0 fully saturated rings. The zero-order valence-corrected chi connectivity index (χ0v) is 11.2. The third-order valence-electron chi connectivity index (χ3n) is 3.48. The topological polar surface area (TPSA) is 54.0 Å². The minimum atomic E-state index is 0.181. The smallest absolute Gasteiger partial charge is 0.160 e. The van der Waals surface area contributed by atoms with Gasteiger partial charge in [0.1, 0.15) is 11.9 Å². The quantitative estimate of drug-likeness (QED) is 0.728. The Labute approximate surface area is 117 Å². The van der Waals surface area contributed by atoms with E-state index in [2.05, 4.69) is 35.3 Å². The van der Waals surface area contributed by atoms with E-state index < -0.39 is 0 Å². The minimum absolute atomic E-state index is 0.181. The van der Waals surface area contributed by atoms with E-state index in [0.29, 0.717) is 5.56 Å². The molecule has 4 heteroatoms. The third-order valence-corrected chi connectivity index (χ3v) is 3.48. The van der Waals surface area contributed by atoms with Crippen LogP contribution in [0, 0.1) is 11.3 Å². The Kier molecular flexibility index (Phi) is 3.18. The van der Waals surface area contributed by atoms with Gasteiger partial charge in [0, 0.05) is 12.1 Å². The Morgan fingerprint density at radius 1 is 1.15 bits per heavy atom. The van der Waals surface area contributed by atoms with Crippen LogP contribution in [0.25, 0.3) is 5.65 Å². The van der Waals surface area contributed by atoms with Crippen molar-refractivity contribution in [2.45, 2.75) is 19.3 Å². The van der Waals surface area contributed by atoms with Crippen LogP contribution in [-0.4, -0.2) is 14.6 Å². The second-order valence-electron chi connectivity index (χ2n) is 4.69. The molecule has 1 unspecified atom stereocenters. The SMILES string of the molecule is CCC(c1ccccc1)c1nnc2ccc(C#N)cn12. The normalized spacial score (nSPS) is 12.2. The molecule has 0 N–H and O–H groups in total. The molecule has 0 spiro atoms. The molecule has 2 heterocycles. The molecule has 3 aromatic rings. The van der Waals surface area contributed by atoms with Gasteiger partial charge in [-0.15, -0.1) is 10.2 Å². The maximum absolute atomic E-state index is 9.03. The van der Waals surface area contributed by atoms with Crippen LogP contribution in [0.2, 0.25) is 0 Å². The summed E-state index contributed by atoms with van der Waals surface area (Å²) in [5.74, 6) is 1.06. The van der Waals surface area contributed by atoms with Crippen molar-refractivity contribution in [3.05, 3.63) is 65.6 Å². The predicted molar refractivity (Wildman–Crippen MR) is 76.3 cm³/mol. The Balaban J connectivity index is 2.15. The van der Waals surface area contributed by atoms with Gasteiger partial charge in [-0.05, 0) is 24.1 Å². The molecule has 0 saturated heterocycles. The summed E-state index contributed by atoms with van der Waals surface area (Å²) in [7, 11) is 0. The summed E-state index contributed by atoms with van der Waals surface area (Å²) in [6.07, 6.45) is 2.73. The Morgan fingerprint density at radius 2 is 1.95 bits per heavy atom. The van der Waals surface area contributed by atoms with Crippen molar-refractivity contribution in [2.75, 3.05) is 0 Å². The van der Waals surface area contributed by atoms with Gasteiger partial charge >= 0.3 is 0 Å². The summed E-state index contributed by atoms with van der Waals surface area (Å²) in [4.78, 5) is 0. The van der Waals surface area contributed by atoms with Crippen LogP contribution in [0.1, 0.15) is 36.2 Å². The fraction of sp³-hybridized carbons (Fsp3) is 0.188. The highest BCUT2D eigenvalue weighted by Crippen LogP contribution is 2.26. The van der Waals surface area contributed by atoms with Crippen molar-refractivity contribution in [3.63, 3.8) is 0 Å². The largest absolute Gasteiger partial charge is 0.285 e. The molecule has 20 heavy (non-hydrogen) atoms. The first-order chi connectivity index (χ1) is 9.83. The molecular formula is C16H14N4. The fourth-order valence-corrected chi connectivity index (χ4v) is 2.46. The maximum atomic E-state index is 9.03. The number of fused-ring (bicyclic) bond motifs is 1. The molecule has 2 aromatic heterocycles. The number of aromatic nitrogens is 3. The monoisotopic (exact) mass is 262 g/mol. The van der Waals surface area contributed by atoms with E-state index in [9.17, 15) is 0 Å². The van der Waals surface area contributed by atoms with Gasteiger partial charge in [0.2, 0.25) is 0 Å². The number of hydrogen-bond acceptors (Lipinski definition) is 3. The molecule has 1 atom stereocenters. The molecule has 0 aliphatic carbocycles. The van der Waals surface area contributed by atoms with E-state index in [-0.39, 0.29) is 5.92 Å². The lowest BCUT2D eigenvalue weighted by Gasteiger charge is -2.13. The summed E-state index contributed by atoms with van der Waals surface area (Å²) >= 11 is 0. The highest BCUT2D eigenvalue weighted by atomic mass is 15.2. The highest BCUT2D eigenvalue weighted by molar-refractivity contribution is 5.44. The van der Waals surface area contributed by atoms with Crippen molar-refractivity contribution in [1.29, 1.82) is 5.26 Å². The van der Waals surface area contributed by atoms with Crippen LogP contribution < -0.4 is 0 Å². The van der Waals surface area contributed by atoms with Crippen LogP contribution in [0.5, 0.6) is 0 Å². The summed E-state index contributed by atoms with van der Waals surface area (Å²) in [5, 5.41) is 17.5. The molecule has 0 amide bonds. The van der Waals surface area contributed by atoms with E-state index >= 15 is 0 Å². The van der Waals surface area contributed by atoms with Gasteiger partial charge in [-0.1, -0.05) is 37.3 Å². The molecule has 0 aliphatic heterocycles. The van der Waals surface area contributed by atoms with Gasteiger partial charge in [0.25, 0.3) is 0 Å². The van der Waals surface area contributed by atoms with Gasteiger partial charge in [-0.3, -0.25) is 4.40 Å². The predicted octanol–water partition coefficient (Wildman–Crippen LogP) is 3.14. The van der Waals surface area contributed by atoms with Crippen LogP contribution in [0.15, 0.2) is 48.7 Å². The van der Waals surface area contributed by atoms with Gasteiger partial charge < -0.3 is 0 Å². The average Bonchev–Trinajstić information content (AvgIpc) is 2.92. The molecule has 0 radical (unpaired) electrons. The maximum Gasteiger partial charge on any atom is 0.160 e. The van der Waals surface area contributed by atoms with E-state index in [1.165, 1.54) is 5.56 Å². The van der Waals surface area contributed by atoms with E-state index in [1.807, 2.05) is 28.7 Å². The molecule has 1 aromatic carbocycles. The zero-order chi connectivity index (χ0) is 13.9. The molecular weight excluding hydrogens is 248 g/mol. The van der Waals surface area contributed by atoms with E-state index in [0.717, 1.165) is 17.9 Å². The Hall–Kier alpha value is -2.67. The highest BCUT2D eigenvalue weighted by Gasteiger charge is 2.18. The number of nitriles is 1. The number of hydrogen-bond donors (Lipinski definition) is 0. The number of nitrogens with zero attached hydrogens (tertiary/aromatic N) is 4. The van der Waals surface area contributed by atoms with Crippen molar-refractivity contribution < 1.29 is 0 Å². The first-order valence-electron chi connectivity index (χ1n) is 6.63.